The summed E-state index contributed by atoms with van der Waals surface area (Å²) in [4.78, 5) is 22.7. The van der Waals surface area contributed by atoms with Crippen LogP contribution in [0.1, 0.15) is 16.8 Å². The number of nitro groups is 1. The number of hydrogen-bond acceptors (Lipinski definition) is 3. The second-order valence-electron chi connectivity index (χ2n) is 4.14. The predicted molar refractivity (Wildman–Crippen MR) is 70.7 cm³/mol. The zero-order chi connectivity index (χ0) is 16.4. The summed E-state index contributed by atoms with van der Waals surface area (Å²) < 4.78 is 36.3. The van der Waals surface area contributed by atoms with Gasteiger partial charge >= 0.3 is 6.18 Å². The third-order valence-electron chi connectivity index (χ3n) is 2.53. The molecule has 1 amide bonds. The fraction of sp³-hybridized carbons (Fsp3) is 0.364. The minimum absolute atomic E-state index is 0.208. The van der Waals surface area contributed by atoms with Gasteiger partial charge in [0.2, 0.25) is 0 Å². The Morgan fingerprint density at radius 2 is 1.95 bits per heavy atom. The summed E-state index contributed by atoms with van der Waals surface area (Å²) in [5.41, 5.74) is -0.794. The van der Waals surface area contributed by atoms with Crippen LogP contribution in [0.5, 0.6) is 0 Å². The highest BCUT2D eigenvalue weighted by atomic mass is 35.5. The van der Waals surface area contributed by atoms with Gasteiger partial charge in [-0.2, -0.15) is 13.2 Å². The standard InChI is InChI=1S/C11H9Cl2F3N2O3/c1-17(3-2-11(14,15)16)10(19)6-4-7(12)9(13)8(5-6)18(20)21/h4-5H,2-3H2,1H3. The van der Waals surface area contributed by atoms with Gasteiger partial charge in [-0.15, -0.1) is 0 Å². The van der Waals surface area contributed by atoms with Crippen molar-refractivity contribution in [2.75, 3.05) is 13.6 Å². The van der Waals surface area contributed by atoms with Gasteiger partial charge in [-0.05, 0) is 6.07 Å². The number of carbonyl (C=O) groups excluding carboxylic acids is 1. The molecular formula is C11H9Cl2F3N2O3. The van der Waals surface area contributed by atoms with Crippen molar-refractivity contribution in [3.05, 3.63) is 37.9 Å². The van der Waals surface area contributed by atoms with Crippen LogP contribution < -0.4 is 0 Å². The molecule has 0 heterocycles. The molecule has 0 aliphatic carbocycles. The second kappa shape index (κ2) is 6.48. The Labute approximate surface area is 127 Å². The number of alkyl halides is 3. The van der Waals surface area contributed by atoms with Crippen LogP contribution in [0.2, 0.25) is 10.0 Å². The van der Waals surface area contributed by atoms with Crippen molar-refractivity contribution < 1.29 is 22.9 Å². The molecule has 0 aromatic heterocycles. The van der Waals surface area contributed by atoms with Crippen molar-refractivity contribution in [3.63, 3.8) is 0 Å². The van der Waals surface area contributed by atoms with E-state index < -0.39 is 35.7 Å². The van der Waals surface area contributed by atoms with Crippen LogP contribution in [-0.4, -0.2) is 35.5 Å². The Morgan fingerprint density at radius 3 is 2.43 bits per heavy atom. The highest BCUT2D eigenvalue weighted by Crippen LogP contribution is 2.33. The first-order chi connectivity index (χ1) is 9.53. The molecule has 0 N–H and O–H groups in total. The Hall–Kier alpha value is -1.54. The summed E-state index contributed by atoms with van der Waals surface area (Å²) in [6.07, 6.45) is -5.59. The van der Waals surface area contributed by atoms with Crippen molar-refractivity contribution in [2.24, 2.45) is 0 Å². The lowest BCUT2D eigenvalue weighted by Crippen LogP contribution is -2.30. The summed E-state index contributed by atoms with van der Waals surface area (Å²) in [6.45, 7) is -0.573. The van der Waals surface area contributed by atoms with Crippen LogP contribution in [0.15, 0.2) is 12.1 Å². The number of amides is 1. The Balaban J connectivity index is 3.00. The van der Waals surface area contributed by atoms with Crippen LogP contribution in [-0.2, 0) is 0 Å². The molecule has 1 aromatic rings. The highest BCUT2D eigenvalue weighted by molar-refractivity contribution is 6.43. The number of carbonyl (C=O) groups is 1. The van der Waals surface area contributed by atoms with Gasteiger partial charge in [0.05, 0.1) is 16.4 Å². The number of nitrogens with zero attached hydrogens (tertiary/aromatic N) is 2. The summed E-state index contributed by atoms with van der Waals surface area (Å²) in [7, 11) is 1.16. The largest absolute Gasteiger partial charge is 0.390 e. The van der Waals surface area contributed by atoms with Crippen LogP contribution in [0.3, 0.4) is 0 Å². The normalized spacial score (nSPS) is 11.3. The van der Waals surface area contributed by atoms with E-state index in [1.54, 1.807) is 0 Å². The van der Waals surface area contributed by atoms with Crippen molar-refractivity contribution in [3.8, 4) is 0 Å². The van der Waals surface area contributed by atoms with Gasteiger partial charge in [0.1, 0.15) is 5.02 Å². The van der Waals surface area contributed by atoms with Crippen molar-refractivity contribution in [1.82, 2.24) is 4.90 Å². The molecule has 0 fully saturated rings. The molecule has 1 rings (SSSR count). The second-order valence-corrected chi connectivity index (χ2v) is 4.93. The van der Waals surface area contributed by atoms with E-state index in [1.807, 2.05) is 0 Å². The number of hydrogen-bond donors (Lipinski definition) is 0. The molecule has 0 saturated carbocycles. The molecule has 21 heavy (non-hydrogen) atoms. The average Bonchev–Trinajstić information content (AvgIpc) is 2.36. The molecule has 5 nitrogen and oxygen atoms in total. The topological polar surface area (TPSA) is 63.5 Å². The average molecular weight is 345 g/mol. The summed E-state index contributed by atoms with van der Waals surface area (Å²) >= 11 is 11.3. The van der Waals surface area contributed by atoms with E-state index in [1.165, 1.54) is 0 Å². The van der Waals surface area contributed by atoms with Crippen LogP contribution in [0.4, 0.5) is 18.9 Å². The van der Waals surface area contributed by atoms with Crippen molar-refractivity contribution in [1.29, 1.82) is 0 Å². The molecule has 0 radical (unpaired) electrons. The van der Waals surface area contributed by atoms with E-state index in [0.29, 0.717) is 0 Å². The maximum absolute atomic E-state index is 12.1. The summed E-state index contributed by atoms with van der Waals surface area (Å²) in [5, 5.41) is 10.2. The number of nitro benzene ring substituents is 1. The minimum atomic E-state index is -4.40. The van der Waals surface area contributed by atoms with E-state index in [2.05, 4.69) is 0 Å². The molecule has 0 spiro atoms. The molecule has 0 saturated heterocycles. The van der Waals surface area contributed by atoms with Gasteiger partial charge in [-0.1, -0.05) is 23.2 Å². The molecule has 0 atom stereocenters. The first-order valence-corrected chi connectivity index (χ1v) is 6.24. The van der Waals surface area contributed by atoms with Crippen LogP contribution in [0, 0.1) is 10.1 Å². The monoisotopic (exact) mass is 344 g/mol. The van der Waals surface area contributed by atoms with Gasteiger partial charge < -0.3 is 4.90 Å². The first kappa shape index (κ1) is 17.5. The maximum atomic E-state index is 12.1. The van der Waals surface area contributed by atoms with E-state index in [0.717, 1.165) is 24.1 Å². The van der Waals surface area contributed by atoms with Gasteiger partial charge in [0.15, 0.2) is 0 Å². The zero-order valence-corrected chi connectivity index (χ0v) is 12.1. The van der Waals surface area contributed by atoms with Crippen molar-refractivity contribution >= 4 is 34.8 Å². The van der Waals surface area contributed by atoms with Gasteiger partial charge in [-0.25, -0.2) is 0 Å². The molecule has 0 aliphatic rings. The van der Waals surface area contributed by atoms with Crippen LogP contribution in [0.25, 0.3) is 0 Å². The maximum Gasteiger partial charge on any atom is 0.390 e. The van der Waals surface area contributed by atoms with Crippen LogP contribution >= 0.6 is 23.2 Å². The predicted octanol–water partition coefficient (Wildman–Crippen LogP) is 3.93. The lowest BCUT2D eigenvalue weighted by molar-refractivity contribution is -0.384. The smallest absolute Gasteiger partial charge is 0.341 e. The van der Waals surface area contributed by atoms with Gasteiger partial charge in [0, 0.05) is 25.2 Å². The Kier molecular flexibility index (Phi) is 5.41. The summed E-state index contributed by atoms with van der Waals surface area (Å²) in [6, 6.07) is 1.95. The molecular weight excluding hydrogens is 336 g/mol. The Morgan fingerprint density at radius 1 is 1.38 bits per heavy atom. The first-order valence-electron chi connectivity index (χ1n) is 5.48. The zero-order valence-electron chi connectivity index (χ0n) is 10.6. The molecule has 10 heteroatoms. The van der Waals surface area contributed by atoms with E-state index in [4.69, 9.17) is 23.2 Å². The fourth-order valence-electron chi connectivity index (χ4n) is 1.45. The Bertz CT molecular complexity index is 579. The quantitative estimate of drug-likeness (QED) is 0.614. The fourth-order valence-corrected chi connectivity index (χ4v) is 1.84. The minimum Gasteiger partial charge on any atom is -0.341 e. The van der Waals surface area contributed by atoms with E-state index >= 15 is 0 Å². The third kappa shape index (κ3) is 4.75. The lowest BCUT2D eigenvalue weighted by atomic mass is 10.1. The van der Waals surface area contributed by atoms with E-state index in [9.17, 15) is 28.1 Å². The van der Waals surface area contributed by atoms with Gasteiger partial charge in [-0.3, -0.25) is 14.9 Å². The number of benzene rings is 1. The lowest BCUT2D eigenvalue weighted by Gasteiger charge is -2.18. The molecule has 0 bridgehead atoms. The van der Waals surface area contributed by atoms with E-state index in [-0.39, 0.29) is 15.6 Å². The highest BCUT2D eigenvalue weighted by Gasteiger charge is 2.29. The van der Waals surface area contributed by atoms with Crippen molar-refractivity contribution in [2.45, 2.75) is 12.6 Å². The third-order valence-corrected chi connectivity index (χ3v) is 3.32. The molecule has 116 valence electrons. The molecule has 1 aromatic carbocycles. The molecule has 0 aliphatic heterocycles. The number of rotatable bonds is 4. The van der Waals surface area contributed by atoms with Gasteiger partial charge in [0.25, 0.3) is 11.6 Å². The SMILES string of the molecule is CN(CCC(F)(F)F)C(=O)c1cc(Cl)c(Cl)c([N+](=O)[O-])c1. The molecule has 0 unspecified atom stereocenters. The number of halogens is 5. The summed E-state index contributed by atoms with van der Waals surface area (Å²) in [5.74, 6) is -0.819.